The molecule has 2 aromatic heterocycles. The predicted octanol–water partition coefficient (Wildman–Crippen LogP) is 3.02. The first-order valence-electron chi connectivity index (χ1n) is 8.49. The minimum absolute atomic E-state index is 0.0291. The van der Waals surface area contributed by atoms with Crippen molar-refractivity contribution in [3.8, 4) is 11.8 Å². The Hall–Kier alpha value is -3.72. The van der Waals surface area contributed by atoms with E-state index in [-0.39, 0.29) is 17.0 Å². The number of hydrogen-bond acceptors (Lipinski definition) is 5. The second-order valence-electron chi connectivity index (χ2n) is 6.37. The zero-order valence-corrected chi connectivity index (χ0v) is 14.7. The van der Waals surface area contributed by atoms with Gasteiger partial charge in [0.1, 0.15) is 23.2 Å². The fourth-order valence-electron chi connectivity index (χ4n) is 3.42. The van der Waals surface area contributed by atoms with Gasteiger partial charge >= 0.3 is 0 Å². The molecule has 0 bridgehead atoms. The van der Waals surface area contributed by atoms with Crippen LogP contribution in [0.1, 0.15) is 28.5 Å². The van der Waals surface area contributed by atoms with Crippen LogP contribution >= 0.6 is 0 Å². The highest BCUT2D eigenvalue weighted by Gasteiger charge is 2.34. The van der Waals surface area contributed by atoms with E-state index in [4.69, 9.17) is 14.9 Å². The second kappa shape index (κ2) is 6.54. The number of aryl methyl sites for hydroxylation is 1. The molecule has 1 aromatic carbocycles. The highest BCUT2D eigenvalue weighted by molar-refractivity contribution is 5.55. The molecule has 0 radical (unpaired) electrons. The maximum absolute atomic E-state index is 13.4. The summed E-state index contributed by atoms with van der Waals surface area (Å²) in [6, 6.07) is 16.8. The first-order chi connectivity index (χ1) is 13.1. The molecule has 1 atom stereocenters. The zero-order chi connectivity index (χ0) is 19.0. The maximum Gasteiger partial charge on any atom is 0.259 e. The number of fused-ring (bicyclic) bond motifs is 1. The highest BCUT2D eigenvalue weighted by Crippen LogP contribution is 2.40. The smallest absolute Gasteiger partial charge is 0.259 e. The van der Waals surface area contributed by atoms with Gasteiger partial charge in [-0.15, -0.1) is 0 Å². The molecule has 0 saturated heterocycles. The molecule has 0 spiro atoms. The quantitative estimate of drug-likeness (QED) is 0.776. The standard InChI is InChI=1S/C21H17N3O3/c1-13-10-17-19(21(25)24(13)12-15-8-5-9-26-15)18(14-6-3-2-4-7-14)16(11-22)20(23)27-17/h2-10,18H,12,23H2,1H3/t18-/m1/s1. The summed E-state index contributed by atoms with van der Waals surface area (Å²) in [5, 5.41) is 9.65. The molecule has 1 aliphatic heterocycles. The monoisotopic (exact) mass is 359 g/mol. The molecule has 0 amide bonds. The summed E-state index contributed by atoms with van der Waals surface area (Å²) in [7, 11) is 0. The second-order valence-corrected chi connectivity index (χ2v) is 6.37. The number of nitrogens with two attached hydrogens (primary N) is 1. The van der Waals surface area contributed by atoms with Crippen LogP contribution in [0.25, 0.3) is 0 Å². The van der Waals surface area contributed by atoms with Crippen LogP contribution in [0.5, 0.6) is 5.75 Å². The van der Waals surface area contributed by atoms with Gasteiger partial charge in [-0.3, -0.25) is 4.79 Å². The van der Waals surface area contributed by atoms with Gasteiger partial charge < -0.3 is 19.5 Å². The molecule has 0 unspecified atom stereocenters. The Morgan fingerprint density at radius 3 is 2.67 bits per heavy atom. The van der Waals surface area contributed by atoms with Crippen molar-refractivity contribution in [1.29, 1.82) is 5.26 Å². The molecular weight excluding hydrogens is 342 g/mol. The number of hydrogen-bond donors (Lipinski definition) is 1. The van der Waals surface area contributed by atoms with Crippen molar-refractivity contribution in [2.24, 2.45) is 5.73 Å². The van der Waals surface area contributed by atoms with E-state index >= 15 is 0 Å². The average Bonchev–Trinajstić information content (AvgIpc) is 3.18. The summed E-state index contributed by atoms with van der Waals surface area (Å²) in [6.07, 6.45) is 1.57. The lowest BCUT2D eigenvalue weighted by atomic mass is 9.84. The Labute approximate surface area is 155 Å². The summed E-state index contributed by atoms with van der Waals surface area (Å²) < 4.78 is 12.6. The normalized spacial score (nSPS) is 15.8. The number of pyridine rings is 1. The lowest BCUT2D eigenvalue weighted by molar-refractivity contribution is 0.387. The van der Waals surface area contributed by atoms with E-state index in [1.165, 1.54) is 0 Å². The molecule has 4 rings (SSSR count). The number of rotatable bonds is 3. The van der Waals surface area contributed by atoms with Crippen molar-refractivity contribution in [1.82, 2.24) is 4.57 Å². The van der Waals surface area contributed by atoms with E-state index in [0.29, 0.717) is 23.6 Å². The van der Waals surface area contributed by atoms with Crippen LogP contribution in [0.4, 0.5) is 0 Å². The van der Waals surface area contributed by atoms with Crippen LogP contribution < -0.4 is 16.0 Å². The lowest BCUT2D eigenvalue weighted by Gasteiger charge is -2.27. The number of furan rings is 1. The molecule has 3 heterocycles. The van der Waals surface area contributed by atoms with Crippen LogP contribution in [0.3, 0.4) is 0 Å². The summed E-state index contributed by atoms with van der Waals surface area (Å²) in [6.45, 7) is 2.12. The zero-order valence-electron chi connectivity index (χ0n) is 14.7. The van der Waals surface area contributed by atoms with E-state index in [9.17, 15) is 10.1 Å². The predicted molar refractivity (Wildman–Crippen MR) is 99.0 cm³/mol. The van der Waals surface area contributed by atoms with Crippen molar-refractivity contribution in [2.75, 3.05) is 0 Å². The minimum Gasteiger partial charge on any atom is -0.467 e. The first-order valence-corrected chi connectivity index (χ1v) is 8.49. The molecule has 1 aliphatic rings. The SMILES string of the molecule is Cc1cc2c(c(=O)n1Cc1ccco1)[C@H](c1ccccc1)C(C#N)=C(N)O2. The van der Waals surface area contributed by atoms with Crippen LogP contribution in [0.2, 0.25) is 0 Å². The van der Waals surface area contributed by atoms with E-state index < -0.39 is 5.92 Å². The van der Waals surface area contributed by atoms with Gasteiger partial charge in [0.15, 0.2) is 0 Å². The molecule has 2 N–H and O–H groups in total. The number of nitrogens with zero attached hydrogens (tertiary/aromatic N) is 2. The third-order valence-electron chi connectivity index (χ3n) is 4.72. The van der Waals surface area contributed by atoms with Crippen LogP contribution in [0.15, 0.2) is 75.5 Å². The van der Waals surface area contributed by atoms with Gasteiger partial charge in [-0.05, 0) is 24.6 Å². The number of allylic oxidation sites excluding steroid dienone is 1. The highest BCUT2D eigenvalue weighted by atomic mass is 16.5. The third kappa shape index (κ3) is 2.79. The van der Waals surface area contributed by atoms with E-state index in [0.717, 1.165) is 11.3 Å². The van der Waals surface area contributed by atoms with Crippen molar-refractivity contribution in [3.05, 3.63) is 99.2 Å². The van der Waals surface area contributed by atoms with Gasteiger partial charge in [-0.25, -0.2) is 0 Å². The fraction of sp³-hybridized carbons (Fsp3) is 0.143. The summed E-state index contributed by atoms with van der Waals surface area (Å²) >= 11 is 0. The number of nitriles is 1. The van der Waals surface area contributed by atoms with E-state index in [1.807, 2.05) is 43.3 Å². The number of benzene rings is 1. The summed E-state index contributed by atoms with van der Waals surface area (Å²) in [5.41, 5.74) is 7.94. The van der Waals surface area contributed by atoms with Gasteiger partial charge in [0.2, 0.25) is 5.88 Å². The average molecular weight is 359 g/mol. The Bertz CT molecular complexity index is 1120. The van der Waals surface area contributed by atoms with E-state index in [2.05, 4.69) is 6.07 Å². The topological polar surface area (TPSA) is 94.2 Å². The summed E-state index contributed by atoms with van der Waals surface area (Å²) in [5.74, 6) is 0.514. The Morgan fingerprint density at radius 1 is 1.22 bits per heavy atom. The fourth-order valence-corrected chi connectivity index (χ4v) is 3.42. The number of ether oxygens (including phenoxy) is 1. The third-order valence-corrected chi connectivity index (χ3v) is 4.72. The van der Waals surface area contributed by atoms with Gasteiger partial charge in [0, 0.05) is 11.8 Å². The van der Waals surface area contributed by atoms with Crippen LogP contribution in [-0.4, -0.2) is 4.57 Å². The summed E-state index contributed by atoms with van der Waals surface area (Å²) in [4.78, 5) is 13.4. The Balaban J connectivity index is 1.95. The van der Waals surface area contributed by atoms with Gasteiger partial charge in [0.05, 0.1) is 24.3 Å². The molecule has 3 aromatic rings. The van der Waals surface area contributed by atoms with Gasteiger partial charge in [-0.1, -0.05) is 30.3 Å². The lowest BCUT2D eigenvalue weighted by Crippen LogP contribution is -2.33. The van der Waals surface area contributed by atoms with Crippen molar-refractivity contribution in [2.45, 2.75) is 19.4 Å². The van der Waals surface area contributed by atoms with E-state index in [1.54, 1.807) is 23.0 Å². The van der Waals surface area contributed by atoms with Gasteiger partial charge in [-0.2, -0.15) is 5.26 Å². The largest absolute Gasteiger partial charge is 0.467 e. The minimum atomic E-state index is -0.573. The van der Waals surface area contributed by atoms with Crippen molar-refractivity contribution >= 4 is 0 Å². The first kappa shape index (κ1) is 16.7. The molecule has 0 fully saturated rings. The van der Waals surface area contributed by atoms with Crippen LogP contribution in [-0.2, 0) is 6.54 Å². The van der Waals surface area contributed by atoms with Crippen molar-refractivity contribution < 1.29 is 9.15 Å². The number of aromatic nitrogens is 1. The maximum atomic E-state index is 13.4. The van der Waals surface area contributed by atoms with Crippen molar-refractivity contribution in [3.63, 3.8) is 0 Å². The molecule has 6 heteroatoms. The Morgan fingerprint density at radius 2 is 2.00 bits per heavy atom. The van der Waals surface area contributed by atoms with Crippen LogP contribution in [0, 0.1) is 18.3 Å². The molecular formula is C21H17N3O3. The molecule has 0 aliphatic carbocycles. The molecule has 134 valence electrons. The van der Waals surface area contributed by atoms with Gasteiger partial charge in [0.25, 0.3) is 5.56 Å². The Kier molecular flexibility index (Phi) is 4.05. The molecule has 6 nitrogen and oxygen atoms in total. The molecule has 0 saturated carbocycles. The molecule has 27 heavy (non-hydrogen) atoms.